The standard InChI is InChI=1S/C24H25F2N7O/c1-13-9-33-11-16(7-19(26)23(33)27-13)29-24(34)21-18(25)8-20(17-12-31(2)30-22(17)21)32-6-5-15(10-32)28-14-3-4-14/h7-9,11-12,14-15,28H,3-6,10H2,1-2H3,(H,29,34)/t15-/m0/s1. The second-order valence-electron chi connectivity index (χ2n) is 9.33. The predicted molar refractivity (Wildman–Crippen MR) is 125 cm³/mol. The summed E-state index contributed by atoms with van der Waals surface area (Å²) in [5, 5.41) is 11.4. The number of carbonyl (C=O) groups is 1. The van der Waals surface area contributed by atoms with Gasteiger partial charge < -0.3 is 19.9 Å². The Bertz CT molecular complexity index is 1440. The summed E-state index contributed by atoms with van der Waals surface area (Å²) in [5.41, 5.74) is 1.88. The fourth-order valence-electron chi connectivity index (χ4n) is 4.86. The number of benzene rings is 1. The molecule has 1 atom stereocenters. The first-order valence-electron chi connectivity index (χ1n) is 11.5. The molecule has 0 unspecified atom stereocenters. The summed E-state index contributed by atoms with van der Waals surface area (Å²) in [5.74, 6) is -1.91. The van der Waals surface area contributed by atoms with Crippen LogP contribution in [0.15, 0.2) is 30.7 Å². The van der Waals surface area contributed by atoms with Crippen LogP contribution in [-0.2, 0) is 7.05 Å². The number of hydrogen-bond acceptors (Lipinski definition) is 5. The minimum atomic E-state index is -0.682. The van der Waals surface area contributed by atoms with E-state index in [0.29, 0.717) is 23.2 Å². The third kappa shape index (κ3) is 3.67. The second-order valence-corrected chi connectivity index (χ2v) is 9.33. The summed E-state index contributed by atoms with van der Waals surface area (Å²) in [4.78, 5) is 19.4. The fraction of sp³-hybridized carbons (Fsp3) is 0.375. The van der Waals surface area contributed by atoms with Crippen LogP contribution in [0.5, 0.6) is 0 Å². The zero-order valence-corrected chi connectivity index (χ0v) is 19.0. The minimum Gasteiger partial charge on any atom is -0.369 e. The summed E-state index contributed by atoms with van der Waals surface area (Å²) in [6.45, 7) is 3.35. The van der Waals surface area contributed by atoms with Crippen LogP contribution in [0, 0.1) is 18.6 Å². The highest BCUT2D eigenvalue weighted by Crippen LogP contribution is 2.34. The Kier molecular flexibility index (Phi) is 4.80. The van der Waals surface area contributed by atoms with Crippen molar-refractivity contribution in [2.45, 2.75) is 38.3 Å². The van der Waals surface area contributed by atoms with Crippen molar-refractivity contribution >= 4 is 33.8 Å². The van der Waals surface area contributed by atoms with Crippen molar-refractivity contribution in [2.75, 3.05) is 23.3 Å². The second kappa shape index (κ2) is 7.76. The largest absolute Gasteiger partial charge is 0.369 e. The number of hydrogen-bond donors (Lipinski definition) is 2. The van der Waals surface area contributed by atoms with E-state index < -0.39 is 17.5 Å². The molecule has 10 heteroatoms. The van der Waals surface area contributed by atoms with Gasteiger partial charge in [-0.05, 0) is 32.3 Å². The number of imidazole rings is 1. The highest BCUT2D eigenvalue weighted by Gasteiger charge is 2.31. The molecule has 1 saturated heterocycles. The molecule has 1 aromatic carbocycles. The van der Waals surface area contributed by atoms with E-state index in [0.717, 1.165) is 25.2 Å². The summed E-state index contributed by atoms with van der Waals surface area (Å²) < 4.78 is 32.9. The van der Waals surface area contributed by atoms with Gasteiger partial charge in [0, 0.05) is 62.3 Å². The zero-order chi connectivity index (χ0) is 23.6. The van der Waals surface area contributed by atoms with Gasteiger partial charge in [0.25, 0.3) is 5.91 Å². The normalized spacial score (nSPS) is 18.4. The Morgan fingerprint density at radius 1 is 1.09 bits per heavy atom. The Labute approximate surface area is 194 Å². The average molecular weight is 466 g/mol. The van der Waals surface area contributed by atoms with E-state index in [1.165, 1.54) is 29.4 Å². The summed E-state index contributed by atoms with van der Waals surface area (Å²) >= 11 is 0. The molecule has 8 nitrogen and oxygen atoms in total. The third-order valence-corrected chi connectivity index (χ3v) is 6.53. The first-order chi connectivity index (χ1) is 16.4. The summed E-state index contributed by atoms with van der Waals surface area (Å²) in [6.07, 6.45) is 8.45. The SMILES string of the molecule is Cc1cn2cc(NC(=O)c3c(F)cc(N4CC[C@H](NC5CC5)C4)c4cn(C)nc34)cc(F)c2n1. The minimum absolute atomic E-state index is 0.159. The van der Waals surface area contributed by atoms with Gasteiger partial charge in [-0.15, -0.1) is 0 Å². The highest BCUT2D eigenvalue weighted by molar-refractivity contribution is 6.14. The lowest BCUT2D eigenvalue weighted by molar-refractivity contribution is 0.102. The number of nitrogens with one attached hydrogen (secondary N) is 2. The molecule has 2 fully saturated rings. The Balaban J connectivity index is 1.33. The van der Waals surface area contributed by atoms with Gasteiger partial charge in [0.1, 0.15) is 16.9 Å². The maximum absolute atomic E-state index is 15.4. The third-order valence-electron chi connectivity index (χ3n) is 6.53. The van der Waals surface area contributed by atoms with E-state index >= 15 is 4.39 Å². The lowest BCUT2D eigenvalue weighted by Gasteiger charge is -2.21. The molecule has 1 aliphatic carbocycles. The van der Waals surface area contributed by atoms with E-state index in [4.69, 9.17) is 0 Å². The lowest BCUT2D eigenvalue weighted by atomic mass is 10.1. The molecule has 0 radical (unpaired) electrons. The number of pyridine rings is 1. The van der Waals surface area contributed by atoms with E-state index in [9.17, 15) is 9.18 Å². The molecule has 176 valence electrons. The molecule has 1 amide bonds. The number of aryl methyl sites for hydroxylation is 2. The number of fused-ring (bicyclic) bond motifs is 2. The molecule has 34 heavy (non-hydrogen) atoms. The Morgan fingerprint density at radius 3 is 2.71 bits per heavy atom. The molecule has 4 aromatic rings. The summed E-state index contributed by atoms with van der Waals surface area (Å²) in [6, 6.07) is 3.59. The van der Waals surface area contributed by atoms with Gasteiger partial charge >= 0.3 is 0 Å². The van der Waals surface area contributed by atoms with Crippen molar-refractivity contribution in [2.24, 2.45) is 7.05 Å². The van der Waals surface area contributed by atoms with Gasteiger partial charge in [0.05, 0.1) is 17.1 Å². The van der Waals surface area contributed by atoms with Crippen LogP contribution in [0.25, 0.3) is 16.6 Å². The van der Waals surface area contributed by atoms with E-state index in [1.54, 1.807) is 31.0 Å². The molecule has 1 aliphatic heterocycles. The topological polar surface area (TPSA) is 79.5 Å². The molecule has 2 aliphatic rings. The molecule has 6 rings (SSSR count). The number of aromatic nitrogens is 4. The Morgan fingerprint density at radius 2 is 1.91 bits per heavy atom. The van der Waals surface area contributed by atoms with E-state index in [-0.39, 0.29) is 22.4 Å². The van der Waals surface area contributed by atoms with Gasteiger partial charge in [-0.1, -0.05) is 0 Å². The van der Waals surface area contributed by atoms with Crippen LogP contribution in [0.4, 0.5) is 20.2 Å². The van der Waals surface area contributed by atoms with Crippen molar-refractivity contribution in [1.82, 2.24) is 24.5 Å². The molecular weight excluding hydrogens is 440 g/mol. The van der Waals surface area contributed by atoms with Crippen LogP contribution in [0.2, 0.25) is 0 Å². The van der Waals surface area contributed by atoms with Gasteiger partial charge in [-0.3, -0.25) is 9.48 Å². The van der Waals surface area contributed by atoms with Crippen LogP contribution < -0.4 is 15.5 Å². The van der Waals surface area contributed by atoms with Crippen LogP contribution >= 0.6 is 0 Å². The van der Waals surface area contributed by atoms with Crippen LogP contribution in [0.3, 0.4) is 0 Å². The molecule has 0 bridgehead atoms. The molecule has 2 N–H and O–H groups in total. The van der Waals surface area contributed by atoms with Crippen molar-refractivity contribution in [3.63, 3.8) is 0 Å². The van der Waals surface area contributed by atoms with E-state index in [1.807, 2.05) is 6.20 Å². The number of rotatable bonds is 5. The highest BCUT2D eigenvalue weighted by atomic mass is 19.1. The van der Waals surface area contributed by atoms with Crippen LogP contribution in [-0.4, -0.2) is 50.2 Å². The molecule has 3 aromatic heterocycles. The van der Waals surface area contributed by atoms with Crippen molar-refractivity contribution in [1.29, 1.82) is 0 Å². The van der Waals surface area contributed by atoms with Gasteiger partial charge in [-0.25, -0.2) is 13.8 Å². The maximum Gasteiger partial charge on any atom is 0.260 e. The number of amides is 1. The smallest absolute Gasteiger partial charge is 0.260 e. The average Bonchev–Trinajstić information content (AvgIpc) is 3.13. The van der Waals surface area contributed by atoms with Gasteiger partial charge in [0.15, 0.2) is 11.5 Å². The number of anilines is 2. The quantitative estimate of drug-likeness (QED) is 0.472. The van der Waals surface area contributed by atoms with Crippen molar-refractivity contribution < 1.29 is 13.6 Å². The first kappa shape index (κ1) is 21.0. The van der Waals surface area contributed by atoms with Crippen molar-refractivity contribution in [3.8, 4) is 0 Å². The Hall–Kier alpha value is -3.53. The monoisotopic (exact) mass is 465 g/mol. The molecule has 1 saturated carbocycles. The first-order valence-corrected chi connectivity index (χ1v) is 11.5. The van der Waals surface area contributed by atoms with Crippen molar-refractivity contribution in [3.05, 3.63) is 53.6 Å². The number of nitrogens with zero attached hydrogens (tertiary/aromatic N) is 5. The molecule has 4 heterocycles. The lowest BCUT2D eigenvalue weighted by Crippen LogP contribution is -2.34. The maximum atomic E-state index is 15.4. The van der Waals surface area contributed by atoms with E-state index in [2.05, 4.69) is 25.6 Å². The number of carbonyl (C=O) groups excluding carboxylic acids is 1. The molecule has 0 spiro atoms. The zero-order valence-electron chi connectivity index (χ0n) is 19.0. The number of halogens is 2. The fourth-order valence-corrected chi connectivity index (χ4v) is 4.86. The predicted octanol–water partition coefficient (Wildman–Crippen LogP) is 3.39. The van der Waals surface area contributed by atoms with Crippen LogP contribution in [0.1, 0.15) is 35.3 Å². The molecular formula is C24H25F2N7O. The van der Waals surface area contributed by atoms with Gasteiger partial charge in [0.2, 0.25) is 0 Å². The van der Waals surface area contributed by atoms with Gasteiger partial charge in [-0.2, -0.15) is 5.10 Å². The summed E-state index contributed by atoms with van der Waals surface area (Å²) in [7, 11) is 1.75.